The van der Waals surface area contributed by atoms with Gasteiger partial charge in [0, 0.05) is 0 Å². The van der Waals surface area contributed by atoms with E-state index in [1.165, 1.54) is 32.1 Å². The smallest absolute Gasteiger partial charge is 0.136 e. The molecule has 1 nitrogen and oxygen atoms in total. The van der Waals surface area contributed by atoms with Gasteiger partial charge in [-0.3, -0.25) is 0 Å². The molecule has 0 aromatic carbocycles. The van der Waals surface area contributed by atoms with Crippen LogP contribution in [0.5, 0.6) is 0 Å². The van der Waals surface area contributed by atoms with Crippen molar-refractivity contribution in [2.75, 3.05) is 0 Å². The maximum absolute atomic E-state index is 9.18. The van der Waals surface area contributed by atoms with Gasteiger partial charge in [-0.25, -0.2) is 0 Å². The summed E-state index contributed by atoms with van der Waals surface area (Å²) in [5.74, 6) is 2.83. The molecule has 0 saturated heterocycles. The van der Waals surface area contributed by atoms with Crippen molar-refractivity contribution < 1.29 is 0 Å². The fourth-order valence-electron chi connectivity index (χ4n) is 4.05. The van der Waals surface area contributed by atoms with Gasteiger partial charge in [-0.05, 0) is 55.8 Å². The Balaban J connectivity index is 1.99. The topological polar surface area (TPSA) is 23.8 Å². The van der Waals surface area contributed by atoms with Crippen molar-refractivity contribution in [2.45, 2.75) is 37.0 Å². The van der Waals surface area contributed by atoms with Gasteiger partial charge >= 0.3 is 0 Å². The van der Waals surface area contributed by atoms with Crippen molar-refractivity contribution in [1.29, 1.82) is 5.26 Å². The molecule has 4 rings (SSSR count). The van der Waals surface area contributed by atoms with E-state index in [9.17, 15) is 5.26 Å². The molecule has 4 aliphatic rings. The Kier molecular flexibility index (Phi) is 1.51. The number of halogens is 1. The van der Waals surface area contributed by atoms with Gasteiger partial charge in [0.25, 0.3) is 0 Å². The number of rotatable bonds is 0. The molecule has 4 bridgehead atoms. The van der Waals surface area contributed by atoms with Crippen molar-refractivity contribution in [1.82, 2.24) is 0 Å². The third-order valence-corrected chi connectivity index (χ3v) is 5.20. The fraction of sp³-hybridized carbons (Fsp3) is 0.909. The van der Waals surface area contributed by atoms with Crippen LogP contribution in [0.4, 0.5) is 0 Å². The first-order chi connectivity index (χ1) is 6.22. The molecule has 0 unspecified atom stereocenters. The predicted octanol–water partition coefficient (Wildman–Crippen LogP) is 2.94. The SMILES string of the molecule is N#CC1(Cl)C2CC3CC(C2)CC1C3. The number of nitrogens with zero attached hydrogens (tertiary/aromatic N) is 1. The minimum absolute atomic E-state index is 0.479. The van der Waals surface area contributed by atoms with Crippen molar-refractivity contribution in [3.63, 3.8) is 0 Å². The van der Waals surface area contributed by atoms with E-state index in [4.69, 9.17) is 11.6 Å². The van der Waals surface area contributed by atoms with Crippen LogP contribution in [0.2, 0.25) is 0 Å². The third-order valence-electron chi connectivity index (χ3n) is 4.50. The van der Waals surface area contributed by atoms with Crippen LogP contribution in [-0.4, -0.2) is 4.87 Å². The van der Waals surface area contributed by atoms with Crippen molar-refractivity contribution in [2.24, 2.45) is 23.7 Å². The quantitative estimate of drug-likeness (QED) is 0.546. The molecular formula is C11H14ClN. The normalized spacial score (nSPS) is 57.8. The van der Waals surface area contributed by atoms with Gasteiger partial charge in [0.2, 0.25) is 0 Å². The Labute approximate surface area is 84.1 Å². The zero-order valence-corrected chi connectivity index (χ0v) is 8.43. The second-order valence-electron chi connectivity index (χ2n) is 5.18. The van der Waals surface area contributed by atoms with Gasteiger partial charge in [0.1, 0.15) is 4.87 Å². The third kappa shape index (κ3) is 0.931. The van der Waals surface area contributed by atoms with Crippen molar-refractivity contribution >= 4 is 11.6 Å². The molecule has 0 spiro atoms. The molecule has 0 amide bonds. The van der Waals surface area contributed by atoms with Crippen LogP contribution in [0.25, 0.3) is 0 Å². The van der Waals surface area contributed by atoms with Crippen molar-refractivity contribution in [3.8, 4) is 6.07 Å². The Morgan fingerprint density at radius 1 is 1.00 bits per heavy atom. The molecule has 0 radical (unpaired) electrons. The maximum Gasteiger partial charge on any atom is 0.136 e. The summed E-state index contributed by atoms with van der Waals surface area (Å²) in [6, 6.07) is 2.39. The molecule has 2 heteroatoms. The average Bonchev–Trinajstić information content (AvgIpc) is 2.13. The van der Waals surface area contributed by atoms with E-state index in [1.54, 1.807) is 0 Å². The molecule has 4 fully saturated rings. The van der Waals surface area contributed by atoms with Gasteiger partial charge in [0.15, 0.2) is 0 Å². The van der Waals surface area contributed by atoms with E-state index >= 15 is 0 Å². The molecule has 0 heterocycles. The largest absolute Gasteiger partial charge is 0.196 e. The van der Waals surface area contributed by atoms with E-state index in [1.807, 2.05) is 0 Å². The molecule has 0 N–H and O–H groups in total. The minimum Gasteiger partial charge on any atom is -0.196 e. The lowest BCUT2D eigenvalue weighted by atomic mass is 9.52. The Morgan fingerprint density at radius 2 is 1.46 bits per heavy atom. The molecule has 4 aliphatic carbocycles. The number of hydrogen-bond acceptors (Lipinski definition) is 1. The lowest BCUT2D eigenvalue weighted by molar-refractivity contribution is 0.000433. The summed E-state index contributed by atoms with van der Waals surface area (Å²) in [5, 5.41) is 9.18. The van der Waals surface area contributed by atoms with Crippen LogP contribution in [0, 0.1) is 35.0 Å². The number of hydrogen-bond donors (Lipinski definition) is 0. The second kappa shape index (κ2) is 2.42. The zero-order chi connectivity index (χ0) is 9.05. The lowest BCUT2D eigenvalue weighted by Gasteiger charge is -2.55. The van der Waals surface area contributed by atoms with Crippen molar-refractivity contribution in [3.05, 3.63) is 0 Å². The number of alkyl halides is 1. The Hall–Kier alpha value is -0.220. The van der Waals surface area contributed by atoms with Crippen LogP contribution in [-0.2, 0) is 0 Å². The summed E-state index contributed by atoms with van der Waals surface area (Å²) in [7, 11) is 0. The van der Waals surface area contributed by atoms with E-state index in [2.05, 4.69) is 6.07 Å². The van der Waals surface area contributed by atoms with Crippen LogP contribution in [0.1, 0.15) is 32.1 Å². The summed E-state index contributed by atoms with van der Waals surface area (Å²) in [4.78, 5) is -0.479. The molecule has 0 aliphatic heterocycles. The van der Waals surface area contributed by atoms with Crippen LogP contribution >= 0.6 is 11.6 Å². The van der Waals surface area contributed by atoms with Crippen LogP contribution in [0.15, 0.2) is 0 Å². The van der Waals surface area contributed by atoms with Gasteiger partial charge < -0.3 is 0 Å². The minimum atomic E-state index is -0.479. The first kappa shape index (κ1) is 8.12. The molecule has 0 aromatic rings. The second-order valence-corrected chi connectivity index (χ2v) is 5.81. The molecule has 4 saturated carbocycles. The molecule has 0 atom stereocenters. The summed E-state index contributed by atoms with van der Waals surface area (Å²) < 4.78 is 0. The lowest BCUT2D eigenvalue weighted by Crippen LogP contribution is -2.53. The first-order valence-electron chi connectivity index (χ1n) is 5.32. The summed E-state index contributed by atoms with van der Waals surface area (Å²) >= 11 is 6.45. The van der Waals surface area contributed by atoms with Gasteiger partial charge in [0.05, 0.1) is 6.07 Å². The zero-order valence-electron chi connectivity index (χ0n) is 7.67. The standard InChI is InChI=1S/C11H14ClN/c12-11(6-13)9-2-7-1-8(4-9)5-10(11)3-7/h7-10H,1-5H2. The molecule has 0 aromatic heterocycles. The highest BCUT2D eigenvalue weighted by molar-refractivity contribution is 6.26. The van der Waals surface area contributed by atoms with E-state index in [0.29, 0.717) is 11.8 Å². The average molecular weight is 196 g/mol. The Bertz CT molecular complexity index is 250. The summed E-state index contributed by atoms with van der Waals surface area (Å²) in [6.45, 7) is 0. The molecular weight excluding hydrogens is 182 g/mol. The van der Waals surface area contributed by atoms with Gasteiger partial charge in [-0.15, -0.1) is 11.6 Å². The van der Waals surface area contributed by atoms with Gasteiger partial charge in [-0.2, -0.15) is 5.26 Å². The predicted molar refractivity (Wildman–Crippen MR) is 51.2 cm³/mol. The maximum atomic E-state index is 9.18. The number of nitriles is 1. The molecule has 70 valence electrons. The molecule has 13 heavy (non-hydrogen) atoms. The monoisotopic (exact) mass is 195 g/mol. The highest BCUT2D eigenvalue weighted by Gasteiger charge is 2.56. The summed E-state index contributed by atoms with van der Waals surface area (Å²) in [5.41, 5.74) is 0. The van der Waals surface area contributed by atoms with Crippen LogP contribution < -0.4 is 0 Å². The van der Waals surface area contributed by atoms with Gasteiger partial charge in [-0.1, -0.05) is 0 Å². The first-order valence-corrected chi connectivity index (χ1v) is 5.70. The van der Waals surface area contributed by atoms with E-state index < -0.39 is 4.87 Å². The highest BCUT2D eigenvalue weighted by Crippen LogP contribution is 2.60. The van der Waals surface area contributed by atoms with Crippen LogP contribution in [0.3, 0.4) is 0 Å². The highest BCUT2D eigenvalue weighted by atomic mass is 35.5. The summed E-state index contributed by atoms with van der Waals surface area (Å²) in [6.07, 6.45) is 6.33. The van der Waals surface area contributed by atoms with E-state index in [-0.39, 0.29) is 0 Å². The fourth-order valence-corrected chi connectivity index (χ4v) is 4.41. The Morgan fingerprint density at radius 3 is 1.85 bits per heavy atom. The van der Waals surface area contributed by atoms with E-state index in [0.717, 1.165) is 11.8 Å².